The Morgan fingerprint density at radius 1 is 1.18 bits per heavy atom. The average molecular weight is 237 g/mol. The van der Waals surface area contributed by atoms with E-state index in [4.69, 9.17) is 5.11 Å². The summed E-state index contributed by atoms with van der Waals surface area (Å²) in [4.78, 5) is 2.31. The van der Waals surface area contributed by atoms with Crippen LogP contribution in [0.3, 0.4) is 0 Å². The Labute approximate surface area is 104 Å². The second-order valence-electron chi connectivity index (χ2n) is 4.63. The third-order valence-electron chi connectivity index (χ3n) is 3.14. The van der Waals surface area contributed by atoms with Crippen molar-refractivity contribution in [3.63, 3.8) is 0 Å². The number of unbranched alkanes of at least 4 members (excludes halogenated alkanes) is 1. The van der Waals surface area contributed by atoms with Crippen LogP contribution in [0.5, 0.6) is 5.75 Å². The standard InChI is InChI=1S/C14H23NO2/c1-12(15(2)9-3-4-10-16)11-13-5-7-14(17)8-6-13/h5-8,12,16-17H,3-4,9-11H2,1-2H3. The van der Waals surface area contributed by atoms with E-state index < -0.39 is 0 Å². The van der Waals surface area contributed by atoms with Gasteiger partial charge in [-0.15, -0.1) is 0 Å². The number of hydrogen-bond acceptors (Lipinski definition) is 3. The van der Waals surface area contributed by atoms with E-state index in [9.17, 15) is 5.11 Å². The molecule has 1 atom stereocenters. The Balaban J connectivity index is 2.37. The molecule has 0 bridgehead atoms. The first-order valence-electron chi connectivity index (χ1n) is 6.22. The van der Waals surface area contributed by atoms with Crippen LogP contribution in [0, 0.1) is 0 Å². The molecule has 0 spiro atoms. The summed E-state index contributed by atoms with van der Waals surface area (Å²) in [5.74, 6) is 0.317. The SMILES string of the molecule is CC(Cc1ccc(O)cc1)N(C)CCCCO. The number of aliphatic hydroxyl groups is 1. The smallest absolute Gasteiger partial charge is 0.115 e. The van der Waals surface area contributed by atoms with Crippen molar-refractivity contribution in [3.05, 3.63) is 29.8 Å². The zero-order valence-electron chi connectivity index (χ0n) is 10.8. The maximum Gasteiger partial charge on any atom is 0.115 e. The number of phenolic OH excluding ortho intramolecular Hbond substituents is 1. The molecule has 0 aliphatic rings. The number of hydrogen-bond donors (Lipinski definition) is 2. The lowest BCUT2D eigenvalue weighted by molar-refractivity contribution is 0.231. The molecule has 3 heteroatoms. The van der Waals surface area contributed by atoms with E-state index in [1.165, 1.54) is 5.56 Å². The highest BCUT2D eigenvalue weighted by atomic mass is 16.3. The van der Waals surface area contributed by atoms with E-state index >= 15 is 0 Å². The molecule has 2 N–H and O–H groups in total. The molecular formula is C14H23NO2. The van der Waals surface area contributed by atoms with Gasteiger partial charge in [0.05, 0.1) is 0 Å². The van der Waals surface area contributed by atoms with Crippen LogP contribution in [0.2, 0.25) is 0 Å². The molecule has 1 aromatic rings. The van der Waals surface area contributed by atoms with Gasteiger partial charge in [0.1, 0.15) is 5.75 Å². The van der Waals surface area contributed by atoms with Crippen molar-refractivity contribution in [2.45, 2.75) is 32.2 Å². The maximum absolute atomic E-state index is 9.21. The number of phenols is 1. The Hall–Kier alpha value is -1.06. The van der Waals surface area contributed by atoms with Crippen molar-refractivity contribution in [2.24, 2.45) is 0 Å². The second kappa shape index (κ2) is 7.30. The Kier molecular flexibility index (Phi) is 6.01. The fourth-order valence-corrected chi connectivity index (χ4v) is 1.82. The van der Waals surface area contributed by atoms with Crippen LogP contribution in [-0.4, -0.2) is 41.4 Å². The highest BCUT2D eigenvalue weighted by Crippen LogP contribution is 2.13. The predicted octanol–water partition coefficient (Wildman–Crippen LogP) is 2.03. The van der Waals surface area contributed by atoms with E-state index in [1.807, 2.05) is 12.1 Å². The summed E-state index contributed by atoms with van der Waals surface area (Å²) in [5, 5.41) is 17.9. The van der Waals surface area contributed by atoms with E-state index in [2.05, 4.69) is 18.9 Å². The second-order valence-corrected chi connectivity index (χ2v) is 4.63. The fraction of sp³-hybridized carbons (Fsp3) is 0.571. The topological polar surface area (TPSA) is 43.7 Å². The van der Waals surface area contributed by atoms with Crippen LogP contribution in [0.1, 0.15) is 25.3 Å². The molecule has 0 saturated heterocycles. The van der Waals surface area contributed by atoms with Crippen molar-refractivity contribution < 1.29 is 10.2 Å². The third kappa shape index (κ3) is 5.20. The molecule has 0 heterocycles. The van der Waals surface area contributed by atoms with Crippen molar-refractivity contribution in [1.29, 1.82) is 0 Å². The third-order valence-corrected chi connectivity index (χ3v) is 3.14. The molecule has 1 rings (SSSR count). The summed E-state index contributed by atoms with van der Waals surface area (Å²) in [6.45, 7) is 3.49. The molecule has 0 amide bonds. The first kappa shape index (κ1) is 14.0. The lowest BCUT2D eigenvalue weighted by Crippen LogP contribution is -2.31. The van der Waals surface area contributed by atoms with Gasteiger partial charge in [0.15, 0.2) is 0 Å². The van der Waals surface area contributed by atoms with E-state index in [0.29, 0.717) is 11.8 Å². The van der Waals surface area contributed by atoms with Crippen LogP contribution < -0.4 is 0 Å². The van der Waals surface area contributed by atoms with E-state index in [-0.39, 0.29) is 6.61 Å². The maximum atomic E-state index is 9.21. The van der Waals surface area contributed by atoms with Crippen LogP contribution in [-0.2, 0) is 6.42 Å². The molecule has 3 nitrogen and oxygen atoms in total. The van der Waals surface area contributed by atoms with Crippen molar-refractivity contribution in [3.8, 4) is 5.75 Å². The number of aliphatic hydroxyl groups excluding tert-OH is 1. The van der Waals surface area contributed by atoms with Gasteiger partial charge >= 0.3 is 0 Å². The van der Waals surface area contributed by atoms with Gasteiger partial charge in [0.25, 0.3) is 0 Å². The molecule has 0 saturated carbocycles. The summed E-state index contributed by atoms with van der Waals surface area (Å²) in [7, 11) is 2.11. The van der Waals surface area contributed by atoms with Gasteiger partial charge in [-0.05, 0) is 57.5 Å². The Morgan fingerprint density at radius 3 is 2.41 bits per heavy atom. The normalized spacial score (nSPS) is 12.9. The van der Waals surface area contributed by atoms with Gasteiger partial charge in [0, 0.05) is 12.6 Å². The molecule has 0 radical (unpaired) electrons. The summed E-state index contributed by atoms with van der Waals surface area (Å²) < 4.78 is 0. The monoisotopic (exact) mass is 237 g/mol. The van der Waals surface area contributed by atoms with Gasteiger partial charge in [0.2, 0.25) is 0 Å². The van der Waals surface area contributed by atoms with E-state index in [0.717, 1.165) is 25.8 Å². The molecule has 0 aliphatic carbocycles. The van der Waals surface area contributed by atoms with Crippen molar-refractivity contribution >= 4 is 0 Å². The van der Waals surface area contributed by atoms with Crippen molar-refractivity contribution in [2.75, 3.05) is 20.2 Å². The molecule has 1 unspecified atom stereocenters. The molecule has 0 aromatic heterocycles. The highest BCUT2D eigenvalue weighted by Gasteiger charge is 2.09. The zero-order chi connectivity index (χ0) is 12.7. The highest BCUT2D eigenvalue weighted by molar-refractivity contribution is 5.26. The van der Waals surface area contributed by atoms with Crippen LogP contribution in [0.15, 0.2) is 24.3 Å². The fourth-order valence-electron chi connectivity index (χ4n) is 1.82. The zero-order valence-corrected chi connectivity index (χ0v) is 10.8. The molecular weight excluding hydrogens is 214 g/mol. The summed E-state index contributed by atoms with van der Waals surface area (Å²) in [6, 6.07) is 7.86. The van der Waals surface area contributed by atoms with Crippen LogP contribution in [0.4, 0.5) is 0 Å². The number of likely N-dealkylation sites (N-methyl/N-ethyl adjacent to an activating group) is 1. The Morgan fingerprint density at radius 2 is 1.82 bits per heavy atom. The van der Waals surface area contributed by atoms with Gasteiger partial charge in [-0.25, -0.2) is 0 Å². The summed E-state index contributed by atoms with van der Waals surface area (Å²) in [5.41, 5.74) is 1.24. The molecule has 1 aromatic carbocycles. The van der Waals surface area contributed by atoms with Crippen LogP contribution >= 0.6 is 0 Å². The predicted molar refractivity (Wildman–Crippen MR) is 70.2 cm³/mol. The quantitative estimate of drug-likeness (QED) is 0.713. The summed E-state index contributed by atoms with van der Waals surface area (Å²) in [6.07, 6.45) is 2.89. The van der Waals surface area contributed by atoms with E-state index in [1.54, 1.807) is 12.1 Å². The number of rotatable bonds is 7. The number of benzene rings is 1. The Bertz CT molecular complexity index is 311. The lowest BCUT2D eigenvalue weighted by Gasteiger charge is -2.24. The molecule has 96 valence electrons. The average Bonchev–Trinajstić information content (AvgIpc) is 2.32. The molecule has 0 aliphatic heterocycles. The first-order valence-corrected chi connectivity index (χ1v) is 6.22. The van der Waals surface area contributed by atoms with Gasteiger partial charge in [-0.3, -0.25) is 0 Å². The first-order chi connectivity index (χ1) is 8.13. The van der Waals surface area contributed by atoms with Crippen molar-refractivity contribution in [1.82, 2.24) is 4.90 Å². The summed E-state index contributed by atoms with van der Waals surface area (Å²) >= 11 is 0. The van der Waals surface area contributed by atoms with Gasteiger partial charge < -0.3 is 15.1 Å². The molecule has 0 fully saturated rings. The number of aromatic hydroxyl groups is 1. The van der Waals surface area contributed by atoms with Gasteiger partial charge in [-0.1, -0.05) is 12.1 Å². The minimum atomic E-state index is 0.278. The minimum Gasteiger partial charge on any atom is -0.508 e. The number of nitrogens with zero attached hydrogens (tertiary/aromatic N) is 1. The van der Waals surface area contributed by atoms with Crippen LogP contribution in [0.25, 0.3) is 0 Å². The van der Waals surface area contributed by atoms with Gasteiger partial charge in [-0.2, -0.15) is 0 Å². The lowest BCUT2D eigenvalue weighted by atomic mass is 10.1. The largest absolute Gasteiger partial charge is 0.508 e. The minimum absolute atomic E-state index is 0.278. The molecule has 17 heavy (non-hydrogen) atoms.